The van der Waals surface area contributed by atoms with Crippen LogP contribution in [0.5, 0.6) is 0 Å². The van der Waals surface area contributed by atoms with Gasteiger partial charge in [0.1, 0.15) is 5.76 Å². The van der Waals surface area contributed by atoms with E-state index in [1.807, 2.05) is 0 Å². The van der Waals surface area contributed by atoms with E-state index in [0.717, 1.165) is 0 Å². The van der Waals surface area contributed by atoms with Crippen LogP contribution in [0.4, 0.5) is 0 Å². The maximum Gasteiger partial charge on any atom is 0.185 e. The van der Waals surface area contributed by atoms with Gasteiger partial charge in [-0.05, 0) is 18.2 Å². The Bertz CT molecular complexity index is 263. The normalized spacial score (nSPS) is 10.6. The lowest BCUT2D eigenvalue weighted by Crippen LogP contribution is -1.67. The molecule has 0 saturated carbocycles. The molecule has 0 aliphatic rings. The molecule has 0 spiro atoms. The Labute approximate surface area is 69.5 Å². The number of aldehydes is 1. The molecular formula is C8H7ClO2. The molecule has 0 atom stereocenters. The van der Waals surface area contributed by atoms with E-state index in [4.69, 9.17) is 16.0 Å². The van der Waals surface area contributed by atoms with Gasteiger partial charge < -0.3 is 4.42 Å². The third-order valence-electron chi connectivity index (χ3n) is 1.13. The molecule has 1 aromatic rings. The molecule has 2 nitrogen and oxygen atoms in total. The lowest BCUT2D eigenvalue weighted by atomic mass is 10.4. The van der Waals surface area contributed by atoms with Crippen molar-refractivity contribution in [1.82, 2.24) is 0 Å². The Morgan fingerprint density at radius 3 is 2.73 bits per heavy atom. The molecule has 1 aromatic heterocycles. The number of furan rings is 1. The van der Waals surface area contributed by atoms with Crippen molar-refractivity contribution in [1.29, 1.82) is 0 Å². The highest BCUT2D eigenvalue weighted by atomic mass is 35.5. The molecule has 1 rings (SSSR count). The van der Waals surface area contributed by atoms with Crippen LogP contribution in [0.15, 0.2) is 22.6 Å². The average molecular weight is 171 g/mol. The molecular weight excluding hydrogens is 164 g/mol. The van der Waals surface area contributed by atoms with Crippen LogP contribution in [0, 0.1) is 0 Å². The molecule has 3 heteroatoms. The van der Waals surface area contributed by atoms with Gasteiger partial charge in [0.25, 0.3) is 0 Å². The Hall–Kier alpha value is -1.02. The third-order valence-corrected chi connectivity index (χ3v) is 1.31. The first-order chi connectivity index (χ1) is 5.36. The number of alkyl halides is 1. The number of carbonyl (C=O) groups excluding carboxylic acids is 1. The van der Waals surface area contributed by atoms with E-state index in [2.05, 4.69) is 0 Å². The summed E-state index contributed by atoms with van der Waals surface area (Å²) in [6, 6.07) is 3.33. The van der Waals surface area contributed by atoms with Gasteiger partial charge in [-0.1, -0.05) is 6.08 Å². The zero-order valence-corrected chi connectivity index (χ0v) is 6.54. The van der Waals surface area contributed by atoms with Gasteiger partial charge in [-0.2, -0.15) is 0 Å². The minimum Gasteiger partial charge on any atom is -0.454 e. The molecule has 11 heavy (non-hydrogen) atoms. The Morgan fingerprint density at radius 2 is 2.18 bits per heavy atom. The van der Waals surface area contributed by atoms with E-state index in [1.54, 1.807) is 24.3 Å². The number of halogens is 1. The van der Waals surface area contributed by atoms with Crippen LogP contribution >= 0.6 is 11.6 Å². The summed E-state index contributed by atoms with van der Waals surface area (Å²) < 4.78 is 5.02. The number of hydrogen-bond donors (Lipinski definition) is 0. The summed E-state index contributed by atoms with van der Waals surface area (Å²) in [6.45, 7) is 0. The van der Waals surface area contributed by atoms with Gasteiger partial charge in [0.2, 0.25) is 0 Å². The predicted molar refractivity (Wildman–Crippen MR) is 43.8 cm³/mol. The van der Waals surface area contributed by atoms with Gasteiger partial charge in [-0.15, -0.1) is 11.6 Å². The summed E-state index contributed by atoms with van der Waals surface area (Å²) in [5, 5.41) is 0. The van der Waals surface area contributed by atoms with Gasteiger partial charge >= 0.3 is 0 Å². The Morgan fingerprint density at radius 1 is 1.45 bits per heavy atom. The van der Waals surface area contributed by atoms with E-state index < -0.39 is 0 Å². The second kappa shape index (κ2) is 3.98. The average Bonchev–Trinajstić information content (AvgIpc) is 2.48. The fourth-order valence-electron chi connectivity index (χ4n) is 0.682. The molecule has 0 aromatic carbocycles. The van der Waals surface area contributed by atoms with E-state index in [0.29, 0.717) is 23.7 Å². The van der Waals surface area contributed by atoms with Crippen LogP contribution in [-0.2, 0) is 0 Å². The Kier molecular flexibility index (Phi) is 2.93. The number of allylic oxidation sites excluding steroid dienone is 1. The zero-order valence-electron chi connectivity index (χ0n) is 5.79. The molecule has 0 unspecified atom stereocenters. The van der Waals surface area contributed by atoms with Crippen LogP contribution in [0.1, 0.15) is 16.3 Å². The van der Waals surface area contributed by atoms with Crippen molar-refractivity contribution in [3.8, 4) is 0 Å². The fraction of sp³-hybridized carbons (Fsp3) is 0.125. The fourth-order valence-corrected chi connectivity index (χ4v) is 0.771. The number of carbonyl (C=O) groups is 1. The monoisotopic (exact) mass is 170 g/mol. The molecule has 0 N–H and O–H groups in total. The van der Waals surface area contributed by atoms with Crippen molar-refractivity contribution in [2.45, 2.75) is 0 Å². The first-order valence-corrected chi connectivity index (χ1v) is 3.68. The van der Waals surface area contributed by atoms with E-state index in [9.17, 15) is 4.79 Å². The second-order valence-electron chi connectivity index (χ2n) is 1.91. The van der Waals surface area contributed by atoms with Gasteiger partial charge in [0.05, 0.1) is 0 Å². The van der Waals surface area contributed by atoms with Crippen LogP contribution in [-0.4, -0.2) is 12.2 Å². The lowest BCUT2D eigenvalue weighted by Gasteiger charge is -1.81. The standard InChI is InChI=1S/C8H7ClO2/c9-5-1-2-7-3-4-8(6-10)11-7/h1-4,6H,5H2/b2-1+. The first kappa shape index (κ1) is 8.08. The van der Waals surface area contributed by atoms with Crippen molar-refractivity contribution in [2.75, 3.05) is 5.88 Å². The zero-order chi connectivity index (χ0) is 8.10. The van der Waals surface area contributed by atoms with Crippen molar-refractivity contribution in [2.24, 2.45) is 0 Å². The second-order valence-corrected chi connectivity index (χ2v) is 2.22. The molecule has 0 aliphatic heterocycles. The summed E-state index contributed by atoms with van der Waals surface area (Å²) >= 11 is 5.39. The van der Waals surface area contributed by atoms with Gasteiger partial charge in [0.15, 0.2) is 12.0 Å². The molecule has 0 fully saturated rings. The summed E-state index contributed by atoms with van der Waals surface area (Å²) in [7, 11) is 0. The molecule has 1 heterocycles. The van der Waals surface area contributed by atoms with Gasteiger partial charge in [-0.25, -0.2) is 0 Å². The lowest BCUT2D eigenvalue weighted by molar-refractivity contribution is 0.110. The Balaban J connectivity index is 2.72. The third kappa shape index (κ3) is 2.24. The predicted octanol–water partition coefficient (Wildman–Crippen LogP) is 2.34. The van der Waals surface area contributed by atoms with E-state index in [1.165, 1.54) is 0 Å². The minimum atomic E-state index is 0.333. The van der Waals surface area contributed by atoms with Crippen LogP contribution in [0.2, 0.25) is 0 Å². The topological polar surface area (TPSA) is 30.2 Å². The highest BCUT2D eigenvalue weighted by Gasteiger charge is 1.94. The van der Waals surface area contributed by atoms with E-state index >= 15 is 0 Å². The SMILES string of the molecule is O=Cc1ccc(/C=C/CCl)o1. The maximum absolute atomic E-state index is 10.1. The molecule has 0 amide bonds. The van der Waals surface area contributed by atoms with Gasteiger partial charge in [-0.3, -0.25) is 4.79 Å². The largest absolute Gasteiger partial charge is 0.454 e. The van der Waals surface area contributed by atoms with Crippen LogP contribution < -0.4 is 0 Å². The van der Waals surface area contributed by atoms with Crippen molar-refractivity contribution < 1.29 is 9.21 Å². The van der Waals surface area contributed by atoms with Crippen molar-refractivity contribution in [3.63, 3.8) is 0 Å². The maximum atomic E-state index is 10.1. The van der Waals surface area contributed by atoms with Crippen LogP contribution in [0.3, 0.4) is 0 Å². The molecule has 0 bridgehead atoms. The molecule has 0 radical (unpaired) electrons. The van der Waals surface area contributed by atoms with Crippen molar-refractivity contribution >= 4 is 24.0 Å². The minimum absolute atomic E-state index is 0.333. The number of hydrogen-bond acceptors (Lipinski definition) is 2. The molecule has 0 aliphatic carbocycles. The smallest absolute Gasteiger partial charge is 0.185 e. The quantitative estimate of drug-likeness (QED) is 0.515. The molecule has 0 saturated heterocycles. The summed E-state index contributed by atoms with van der Waals surface area (Å²) in [5.74, 6) is 1.42. The molecule has 58 valence electrons. The number of rotatable bonds is 3. The highest BCUT2D eigenvalue weighted by Crippen LogP contribution is 2.07. The first-order valence-electron chi connectivity index (χ1n) is 3.14. The summed E-state index contributed by atoms with van der Waals surface area (Å²) in [6.07, 6.45) is 4.13. The van der Waals surface area contributed by atoms with Gasteiger partial charge in [0, 0.05) is 5.88 Å². The van der Waals surface area contributed by atoms with E-state index in [-0.39, 0.29) is 0 Å². The van der Waals surface area contributed by atoms with Crippen molar-refractivity contribution in [3.05, 3.63) is 29.7 Å². The summed E-state index contributed by atoms with van der Waals surface area (Å²) in [5.41, 5.74) is 0. The van der Waals surface area contributed by atoms with Crippen LogP contribution in [0.25, 0.3) is 6.08 Å². The highest BCUT2D eigenvalue weighted by molar-refractivity contribution is 6.19. The summed E-state index contributed by atoms with van der Waals surface area (Å²) in [4.78, 5) is 10.1.